The summed E-state index contributed by atoms with van der Waals surface area (Å²) in [7, 11) is 1.04. The normalized spacial score (nSPS) is 14.4. The van der Waals surface area contributed by atoms with Crippen molar-refractivity contribution in [3.8, 4) is 33.4 Å². The fraction of sp³-hybridized carbons (Fsp3) is 0.308. The molecule has 9 heterocycles. The second-order valence-electron chi connectivity index (χ2n) is 35.6. The van der Waals surface area contributed by atoms with Gasteiger partial charge in [0.2, 0.25) is 0 Å². The van der Waals surface area contributed by atoms with E-state index in [4.69, 9.17) is 35.4 Å². The molecule has 16 rings (SSSR count). The van der Waals surface area contributed by atoms with Crippen molar-refractivity contribution < 1.29 is 57.4 Å². The fourth-order valence-electron chi connectivity index (χ4n) is 14.7. The van der Waals surface area contributed by atoms with E-state index in [1.165, 1.54) is 52.9 Å². The number of hydrogen-bond donors (Lipinski definition) is 7. The zero-order valence-electron chi connectivity index (χ0n) is 78.1. The third-order valence-corrected chi connectivity index (χ3v) is 23.0. The minimum Gasteiger partial charge on any atom is -0.477 e. The summed E-state index contributed by atoms with van der Waals surface area (Å²) in [5, 5.41) is 20.5. The Balaban J connectivity index is 0.000000158. The smallest absolute Gasteiger partial charge is 0.477 e. The molecule has 0 saturated carbocycles. The molecule has 1 fully saturated rings. The third kappa shape index (κ3) is 27.2. The van der Waals surface area contributed by atoms with E-state index < -0.39 is 41.4 Å². The maximum Gasteiger partial charge on any atom is 0.494 e. The van der Waals surface area contributed by atoms with Crippen LogP contribution < -0.4 is 38.2 Å². The molecule has 3 unspecified atom stereocenters. The summed E-state index contributed by atoms with van der Waals surface area (Å²) in [6, 6.07) is 62.0. The highest BCUT2D eigenvalue weighted by Gasteiger charge is 2.52. The SMILES string of the molecule is CC1=NCc2ccc(-c3ccnc(C(=O)NC(CN)c4cccc(C)c4)c3)cc21.CC1=NCc2ccc(-c3ccnc(C(=O)NC(CNC(=O)OC(C)(C)C)c4cccc(C)c4)c3)cc21.CC1=NCc2ccc(-c3ccnc(C(=O)O)c3)cc21.CC1=NCc2ccc(B3OC(C)(C)C(C)(C)O3)cc21.COC(=O)c1cc(Br)ccn1.Cc1cccc(C(N)CNC(=O)OC(C)(C)C)c1. The molecule has 0 bridgehead atoms. The number of hydrogen-bond acceptors (Lipinski definition) is 21. The molecule has 0 radical (unpaired) electrons. The number of nitrogens with two attached hydrogens (primary N) is 2. The number of carbonyl (C=O) groups excluding carboxylic acids is 5. The summed E-state index contributed by atoms with van der Waals surface area (Å²) in [6.07, 6.45) is 5.39. The number of ether oxygens (including phenoxy) is 3. The molecule has 132 heavy (non-hydrogen) atoms. The number of amides is 4. The van der Waals surface area contributed by atoms with Gasteiger partial charge in [0.05, 0.1) is 56.6 Å². The number of methoxy groups -OCH3 is 1. The van der Waals surface area contributed by atoms with Gasteiger partial charge >= 0.3 is 31.2 Å². The van der Waals surface area contributed by atoms with Gasteiger partial charge in [-0.3, -0.25) is 39.5 Å². The number of rotatable bonds is 18. The Morgan fingerprint density at radius 2 is 0.803 bits per heavy atom. The van der Waals surface area contributed by atoms with E-state index >= 15 is 0 Å². The topological polar surface area (TPSA) is 370 Å². The van der Waals surface area contributed by atoms with E-state index in [0.29, 0.717) is 36.7 Å². The maximum atomic E-state index is 13.3. The molecule has 11 aromatic rings. The van der Waals surface area contributed by atoms with Crippen LogP contribution in [0.4, 0.5) is 9.59 Å². The largest absolute Gasteiger partial charge is 0.494 e. The molecular weight excluding hydrogens is 1730 g/mol. The number of aromatic carboxylic acids is 1. The van der Waals surface area contributed by atoms with E-state index in [9.17, 15) is 28.8 Å². The first kappa shape index (κ1) is 99.2. The molecule has 5 aliphatic heterocycles. The predicted octanol–water partition coefficient (Wildman–Crippen LogP) is 18.4. The molecule has 9 N–H and O–H groups in total. The summed E-state index contributed by atoms with van der Waals surface area (Å²) < 4.78 is 27.9. The number of carbonyl (C=O) groups is 6. The molecule has 684 valence electrons. The minimum atomic E-state index is -1.01. The lowest BCUT2D eigenvalue weighted by atomic mass is 9.77. The van der Waals surface area contributed by atoms with Crippen LogP contribution >= 0.6 is 15.9 Å². The second kappa shape index (κ2) is 44.0. The average Bonchev–Trinajstić information content (AvgIpc) is 1.61. The number of pyridine rings is 4. The van der Waals surface area contributed by atoms with E-state index in [1.54, 1.807) is 57.4 Å². The van der Waals surface area contributed by atoms with Crippen molar-refractivity contribution >= 4 is 87.3 Å². The number of benzene rings is 7. The molecule has 7 aromatic carbocycles. The first-order valence-corrected chi connectivity index (χ1v) is 44.4. The Labute approximate surface area is 781 Å². The maximum absolute atomic E-state index is 13.3. The molecule has 28 heteroatoms. The van der Waals surface area contributed by atoms with Gasteiger partial charge in [-0.15, -0.1) is 0 Å². The Hall–Kier alpha value is -13.4. The number of carboxylic acid groups (broad SMARTS) is 1. The van der Waals surface area contributed by atoms with Gasteiger partial charge in [0.1, 0.15) is 34.0 Å². The highest BCUT2D eigenvalue weighted by Crippen LogP contribution is 2.38. The Morgan fingerprint density at radius 3 is 1.20 bits per heavy atom. The molecule has 26 nitrogen and oxygen atoms in total. The molecule has 5 aliphatic rings. The lowest BCUT2D eigenvalue weighted by Gasteiger charge is -2.32. The minimum absolute atomic E-state index is 0.0587. The zero-order valence-corrected chi connectivity index (χ0v) is 79.7. The Morgan fingerprint density at radius 1 is 0.447 bits per heavy atom. The predicted molar refractivity (Wildman–Crippen MR) is 523 cm³/mol. The second-order valence-corrected chi connectivity index (χ2v) is 36.5. The number of carboxylic acids is 1. The lowest BCUT2D eigenvalue weighted by molar-refractivity contribution is 0.00578. The summed E-state index contributed by atoms with van der Waals surface area (Å²) in [4.78, 5) is 106. The Bertz CT molecular complexity index is 6200. The number of fused-ring (bicyclic) bond motifs is 4. The van der Waals surface area contributed by atoms with Gasteiger partial charge in [-0.05, 0) is 268 Å². The molecule has 4 amide bonds. The van der Waals surface area contributed by atoms with Crippen LogP contribution in [0.25, 0.3) is 33.4 Å². The van der Waals surface area contributed by atoms with Gasteiger partial charge < -0.3 is 61.4 Å². The van der Waals surface area contributed by atoms with Crippen LogP contribution in [0, 0.1) is 20.8 Å². The van der Waals surface area contributed by atoms with Gasteiger partial charge in [0.15, 0.2) is 0 Å². The van der Waals surface area contributed by atoms with Crippen LogP contribution in [0.2, 0.25) is 0 Å². The number of nitrogens with one attached hydrogen (secondary N) is 4. The van der Waals surface area contributed by atoms with Gasteiger partial charge in [-0.25, -0.2) is 29.1 Å². The van der Waals surface area contributed by atoms with Gasteiger partial charge in [-0.2, -0.15) is 0 Å². The zero-order chi connectivity index (χ0) is 95.5. The monoisotopic (exact) mass is 1840 g/mol. The summed E-state index contributed by atoms with van der Waals surface area (Å²) in [5.74, 6) is -2.00. The Kier molecular flexibility index (Phi) is 33.1. The van der Waals surface area contributed by atoms with Crippen LogP contribution in [0.15, 0.2) is 243 Å². The number of aliphatic imine (C=N–C) groups is 4. The molecule has 3 atom stereocenters. The number of aryl methyl sites for hydroxylation is 3. The molecular formula is C104H116BBrN14O12. The molecule has 0 spiro atoms. The first-order valence-electron chi connectivity index (χ1n) is 43.6. The van der Waals surface area contributed by atoms with E-state index in [1.807, 2.05) is 178 Å². The standard InChI is InChI=1S/C29H32N4O3.C24H24N4O.C15H20BNO2.C15H12N2O2.C14H22N2O2.C7H6BrNO2/c1-18-7-6-8-22(13-18)26(17-32-28(35)36-29(3,4)5)33-27(34)25-15-21(11-12-30-25)20-9-10-23-16-31-19(2)24(23)14-20;1-15-4-3-5-19(10-15)23(13-25)28-24(29)22-12-18(8-9-26-22)17-6-7-20-14-27-16(2)21(20)11-17;1-10-13-8-12(7-6-11(13)9-17-10)16-18-14(2,3)15(4,5)19-16;1-9-13-6-10(2-3-12(13)8-17-9)11-4-5-16-14(7-11)15(18)19;1-10-6-5-7-11(8-10)12(15)9-16-13(17)18-14(2,3)4;1-11-7(10)6-4-5(8)2-3-9-6/h6-15,26H,16-17H2,1-5H3,(H,32,35)(H,33,34);3-12,23H,13-14,25H2,1-2H3,(H,28,29);6-8H,9H2,1-5H3;2-7H,8H2,1H3,(H,18,19);5-8,12H,9,15H2,1-4H3,(H,16,17);2-4H,1H3. The first-order chi connectivity index (χ1) is 62.6. The number of alkyl carbamates (subject to hydrolysis) is 2. The number of halogens is 1. The van der Waals surface area contributed by atoms with Crippen molar-refractivity contribution in [2.75, 3.05) is 26.7 Å². The fourth-order valence-corrected chi connectivity index (χ4v) is 15.0. The molecule has 0 aliphatic carbocycles. The van der Waals surface area contributed by atoms with Crippen molar-refractivity contribution in [3.63, 3.8) is 0 Å². The van der Waals surface area contributed by atoms with Crippen LogP contribution in [-0.4, -0.2) is 140 Å². The van der Waals surface area contributed by atoms with Gasteiger partial charge in [-0.1, -0.05) is 160 Å². The van der Waals surface area contributed by atoms with Crippen molar-refractivity contribution in [2.45, 2.75) is 184 Å². The number of aromatic nitrogens is 4. The van der Waals surface area contributed by atoms with Crippen molar-refractivity contribution in [1.29, 1.82) is 0 Å². The third-order valence-electron chi connectivity index (χ3n) is 22.5. The molecule has 4 aromatic heterocycles. The average molecular weight is 1840 g/mol. The highest BCUT2D eigenvalue weighted by molar-refractivity contribution is 9.10. The summed E-state index contributed by atoms with van der Waals surface area (Å²) in [6.45, 7) is 37.1. The van der Waals surface area contributed by atoms with E-state index in [0.717, 1.165) is 130 Å². The highest BCUT2D eigenvalue weighted by atomic mass is 79.9. The van der Waals surface area contributed by atoms with Crippen molar-refractivity contribution in [2.24, 2.45) is 31.4 Å². The summed E-state index contributed by atoms with van der Waals surface area (Å²) in [5.41, 5.74) is 38.2. The van der Waals surface area contributed by atoms with Crippen LogP contribution in [0.1, 0.15) is 235 Å². The lowest BCUT2D eigenvalue weighted by Crippen LogP contribution is -2.41. The van der Waals surface area contributed by atoms with Crippen LogP contribution in [0.3, 0.4) is 0 Å². The van der Waals surface area contributed by atoms with Gasteiger partial charge in [0, 0.05) is 94.5 Å². The van der Waals surface area contributed by atoms with Crippen molar-refractivity contribution in [1.82, 2.24) is 41.2 Å². The van der Waals surface area contributed by atoms with Crippen LogP contribution in [0.5, 0.6) is 0 Å². The number of esters is 1. The van der Waals surface area contributed by atoms with Crippen molar-refractivity contribution in [3.05, 3.63) is 324 Å². The van der Waals surface area contributed by atoms with E-state index in [2.05, 4.69) is 171 Å². The van der Waals surface area contributed by atoms with Crippen LogP contribution in [-0.2, 0) is 49.7 Å². The quantitative estimate of drug-likeness (QED) is 0.0238. The molecule has 1 saturated heterocycles. The van der Waals surface area contributed by atoms with E-state index in [-0.39, 0.29) is 54.5 Å². The number of nitrogens with zero attached hydrogens (tertiary/aromatic N) is 8. The summed E-state index contributed by atoms with van der Waals surface area (Å²) >= 11 is 3.21. The van der Waals surface area contributed by atoms with Gasteiger partial charge in [0.25, 0.3) is 11.8 Å².